The number of aromatic nitrogens is 3. The zero-order chi connectivity index (χ0) is 17.6. The van der Waals surface area contributed by atoms with Crippen LogP contribution in [0.1, 0.15) is 30.8 Å². The summed E-state index contributed by atoms with van der Waals surface area (Å²) in [4.78, 5) is 29.3. The van der Waals surface area contributed by atoms with Gasteiger partial charge in [-0.2, -0.15) is 0 Å². The van der Waals surface area contributed by atoms with Crippen molar-refractivity contribution in [2.45, 2.75) is 26.3 Å². The summed E-state index contributed by atoms with van der Waals surface area (Å²) in [5, 5.41) is 3.13. The van der Waals surface area contributed by atoms with Crippen molar-refractivity contribution in [1.82, 2.24) is 25.2 Å². The standard InChI is InChI=1S/C18H24N6O/c1-3-16(15-4-7-19-8-5-15)22-18(25)24-12-10-23(11-13-24)17-6-9-20-14(2)21-17/h4-9,16H,3,10-13H2,1-2H3,(H,22,25)/t16-/m0/s1. The van der Waals surface area contributed by atoms with E-state index in [0.717, 1.165) is 36.7 Å². The third-order valence-electron chi connectivity index (χ3n) is 4.47. The van der Waals surface area contributed by atoms with Crippen molar-refractivity contribution in [3.63, 3.8) is 0 Å². The first-order valence-electron chi connectivity index (χ1n) is 8.67. The number of nitrogens with zero attached hydrogens (tertiary/aromatic N) is 5. The molecule has 1 aliphatic heterocycles. The molecular formula is C18H24N6O. The molecule has 0 bridgehead atoms. The van der Waals surface area contributed by atoms with Crippen molar-refractivity contribution in [3.05, 3.63) is 48.2 Å². The van der Waals surface area contributed by atoms with Crippen molar-refractivity contribution in [3.8, 4) is 0 Å². The number of aryl methyl sites for hydroxylation is 1. The van der Waals surface area contributed by atoms with Gasteiger partial charge in [-0.05, 0) is 37.1 Å². The van der Waals surface area contributed by atoms with Crippen LogP contribution in [0.15, 0.2) is 36.8 Å². The van der Waals surface area contributed by atoms with Crippen LogP contribution in [0.4, 0.5) is 10.6 Å². The van der Waals surface area contributed by atoms with E-state index in [1.54, 1.807) is 18.6 Å². The maximum absolute atomic E-state index is 12.6. The molecule has 2 amide bonds. The van der Waals surface area contributed by atoms with Gasteiger partial charge < -0.3 is 15.1 Å². The maximum atomic E-state index is 12.6. The molecule has 132 valence electrons. The van der Waals surface area contributed by atoms with E-state index in [1.807, 2.05) is 30.0 Å². The van der Waals surface area contributed by atoms with E-state index in [1.165, 1.54) is 0 Å². The van der Waals surface area contributed by atoms with Crippen molar-refractivity contribution in [2.24, 2.45) is 0 Å². The van der Waals surface area contributed by atoms with Crippen LogP contribution in [0.2, 0.25) is 0 Å². The molecule has 1 atom stereocenters. The minimum Gasteiger partial charge on any atom is -0.353 e. The number of carbonyl (C=O) groups is 1. The lowest BCUT2D eigenvalue weighted by molar-refractivity contribution is 0.190. The van der Waals surface area contributed by atoms with Gasteiger partial charge in [0.05, 0.1) is 6.04 Å². The molecule has 1 aliphatic rings. The number of urea groups is 1. The van der Waals surface area contributed by atoms with Crippen molar-refractivity contribution in [1.29, 1.82) is 0 Å². The molecule has 0 aromatic carbocycles. The number of carbonyl (C=O) groups excluding carboxylic acids is 1. The number of hydrogen-bond acceptors (Lipinski definition) is 5. The Labute approximate surface area is 148 Å². The van der Waals surface area contributed by atoms with E-state index in [2.05, 4.69) is 32.1 Å². The van der Waals surface area contributed by atoms with Crippen LogP contribution in [0.3, 0.4) is 0 Å². The summed E-state index contributed by atoms with van der Waals surface area (Å²) in [5.41, 5.74) is 1.08. The Morgan fingerprint density at radius 3 is 2.52 bits per heavy atom. The van der Waals surface area contributed by atoms with E-state index < -0.39 is 0 Å². The SMILES string of the molecule is CC[C@H](NC(=O)N1CCN(c2ccnc(C)n2)CC1)c1ccncc1. The van der Waals surface area contributed by atoms with Gasteiger partial charge in [0.2, 0.25) is 0 Å². The molecule has 0 unspecified atom stereocenters. The monoisotopic (exact) mass is 340 g/mol. The van der Waals surface area contributed by atoms with Crippen LogP contribution >= 0.6 is 0 Å². The molecule has 7 nitrogen and oxygen atoms in total. The Hall–Kier alpha value is -2.70. The lowest BCUT2D eigenvalue weighted by Crippen LogP contribution is -2.52. The molecule has 1 N–H and O–H groups in total. The van der Waals surface area contributed by atoms with E-state index in [0.29, 0.717) is 13.1 Å². The third kappa shape index (κ3) is 4.23. The first-order chi connectivity index (χ1) is 12.2. The second-order valence-corrected chi connectivity index (χ2v) is 6.13. The fourth-order valence-electron chi connectivity index (χ4n) is 3.02. The lowest BCUT2D eigenvalue weighted by atomic mass is 10.1. The normalized spacial score (nSPS) is 15.8. The summed E-state index contributed by atoms with van der Waals surface area (Å²) in [7, 11) is 0. The summed E-state index contributed by atoms with van der Waals surface area (Å²) in [6.45, 7) is 6.87. The first-order valence-corrected chi connectivity index (χ1v) is 8.67. The molecule has 0 aliphatic carbocycles. The van der Waals surface area contributed by atoms with E-state index in [4.69, 9.17) is 0 Å². The van der Waals surface area contributed by atoms with Gasteiger partial charge in [0.15, 0.2) is 0 Å². The van der Waals surface area contributed by atoms with Crippen LogP contribution in [0.25, 0.3) is 0 Å². The number of nitrogens with one attached hydrogen (secondary N) is 1. The fourth-order valence-corrected chi connectivity index (χ4v) is 3.02. The van der Waals surface area contributed by atoms with Gasteiger partial charge in [0.25, 0.3) is 0 Å². The van der Waals surface area contributed by atoms with Crippen LogP contribution < -0.4 is 10.2 Å². The summed E-state index contributed by atoms with van der Waals surface area (Å²) in [5.74, 6) is 1.69. The van der Waals surface area contributed by atoms with Crippen molar-refractivity contribution < 1.29 is 4.79 Å². The number of amides is 2. The average molecular weight is 340 g/mol. The molecule has 1 fully saturated rings. The van der Waals surface area contributed by atoms with E-state index in [9.17, 15) is 4.79 Å². The second kappa shape index (κ2) is 7.92. The number of piperazine rings is 1. The predicted octanol–water partition coefficient (Wildman–Crippen LogP) is 2.16. The molecular weight excluding hydrogens is 316 g/mol. The highest BCUT2D eigenvalue weighted by atomic mass is 16.2. The highest BCUT2D eigenvalue weighted by molar-refractivity contribution is 5.75. The van der Waals surface area contributed by atoms with E-state index >= 15 is 0 Å². The molecule has 0 saturated carbocycles. The Balaban J connectivity index is 1.56. The zero-order valence-electron chi connectivity index (χ0n) is 14.7. The first kappa shape index (κ1) is 17.1. The van der Waals surface area contributed by atoms with Crippen LogP contribution in [-0.4, -0.2) is 52.1 Å². The molecule has 3 heterocycles. The van der Waals surface area contributed by atoms with Gasteiger partial charge >= 0.3 is 6.03 Å². The Morgan fingerprint density at radius 2 is 1.88 bits per heavy atom. The summed E-state index contributed by atoms with van der Waals surface area (Å²) in [6.07, 6.45) is 6.13. The van der Waals surface area contributed by atoms with Gasteiger partial charge in [0, 0.05) is 44.8 Å². The molecule has 7 heteroatoms. The van der Waals surface area contributed by atoms with Crippen molar-refractivity contribution >= 4 is 11.8 Å². The minimum atomic E-state index is -0.0119. The Bertz CT molecular complexity index is 700. The predicted molar refractivity (Wildman–Crippen MR) is 96.4 cm³/mol. The van der Waals surface area contributed by atoms with Crippen LogP contribution in [-0.2, 0) is 0 Å². The number of pyridine rings is 1. The summed E-state index contributed by atoms with van der Waals surface area (Å²) in [6, 6.07) is 5.81. The molecule has 2 aromatic rings. The number of hydrogen-bond donors (Lipinski definition) is 1. The molecule has 1 saturated heterocycles. The van der Waals surface area contributed by atoms with Crippen LogP contribution in [0.5, 0.6) is 0 Å². The summed E-state index contributed by atoms with van der Waals surface area (Å²) < 4.78 is 0. The second-order valence-electron chi connectivity index (χ2n) is 6.13. The Morgan fingerprint density at radius 1 is 1.16 bits per heavy atom. The maximum Gasteiger partial charge on any atom is 0.318 e. The highest BCUT2D eigenvalue weighted by Crippen LogP contribution is 2.17. The molecule has 2 aromatic heterocycles. The number of rotatable bonds is 4. The third-order valence-corrected chi connectivity index (χ3v) is 4.47. The summed E-state index contributed by atoms with van der Waals surface area (Å²) >= 11 is 0. The van der Waals surface area contributed by atoms with E-state index in [-0.39, 0.29) is 12.1 Å². The molecule has 25 heavy (non-hydrogen) atoms. The zero-order valence-corrected chi connectivity index (χ0v) is 14.7. The van der Waals surface area contributed by atoms with Crippen LogP contribution in [0, 0.1) is 6.92 Å². The molecule has 0 spiro atoms. The van der Waals surface area contributed by atoms with Gasteiger partial charge in [-0.25, -0.2) is 14.8 Å². The van der Waals surface area contributed by atoms with Gasteiger partial charge in [-0.3, -0.25) is 4.98 Å². The quantitative estimate of drug-likeness (QED) is 0.923. The van der Waals surface area contributed by atoms with Gasteiger partial charge in [0.1, 0.15) is 11.6 Å². The molecule has 0 radical (unpaired) electrons. The van der Waals surface area contributed by atoms with Gasteiger partial charge in [-0.1, -0.05) is 6.92 Å². The topological polar surface area (TPSA) is 74.2 Å². The minimum absolute atomic E-state index is 0.0119. The average Bonchev–Trinajstić information content (AvgIpc) is 2.67. The molecule has 3 rings (SSSR count). The smallest absolute Gasteiger partial charge is 0.318 e. The Kier molecular flexibility index (Phi) is 5.42. The van der Waals surface area contributed by atoms with Gasteiger partial charge in [-0.15, -0.1) is 0 Å². The fraction of sp³-hybridized carbons (Fsp3) is 0.444. The lowest BCUT2D eigenvalue weighted by Gasteiger charge is -2.36. The van der Waals surface area contributed by atoms with Crippen molar-refractivity contribution in [2.75, 3.05) is 31.1 Å². The number of anilines is 1. The highest BCUT2D eigenvalue weighted by Gasteiger charge is 2.23. The largest absolute Gasteiger partial charge is 0.353 e.